The van der Waals surface area contributed by atoms with Crippen LogP contribution in [0.2, 0.25) is 0 Å². The van der Waals surface area contributed by atoms with Crippen molar-refractivity contribution in [3.63, 3.8) is 0 Å². The van der Waals surface area contributed by atoms with Gasteiger partial charge >= 0.3 is 5.69 Å². The second kappa shape index (κ2) is 6.28. The number of nitrogen functional groups attached to an aromatic ring is 2. The number of hydrogen-bond acceptors (Lipinski definition) is 4. The number of nitrogens with two attached hydrogens (primary N) is 2. The van der Waals surface area contributed by atoms with E-state index in [1.807, 2.05) is 13.8 Å². The molecule has 0 fully saturated rings. The average molecular weight is 254 g/mol. The lowest BCUT2D eigenvalue weighted by Crippen LogP contribution is -2.42. The van der Waals surface area contributed by atoms with Crippen molar-refractivity contribution in [1.82, 2.24) is 9.13 Å². The first-order valence-corrected chi connectivity index (χ1v) is 6.43. The summed E-state index contributed by atoms with van der Waals surface area (Å²) in [4.78, 5) is 24.1. The molecule has 102 valence electrons. The van der Waals surface area contributed by atoms with Gasteiger partial charge in [-0.25, -0.2) is 4.79 Å². The summed E-state index contributed by atoms with van der Waals surface area (Å²) in [5.74, 6) is 0.0891. The minimum absolute atomic E-state index is 0.0261. The van der Waals surface area contributed by atoms with Crippen LogP contribution in [0.1, 0.15) is 39.5 Å². The van der Waals surface area contributed by atoms with E-state index in [1.54, 1.807) is 0 Å². The highest BCUT2D eigenvalue weighted by Crippen LogP contribution is 2.07. The molecule has 1 heterocycles. The molecular weight excluding hydrogens is 232 g/mol. The molecule has 0 saturated carbocycles. The normalized spacial score (nSPS) is 10.8. The van der Waals surface area contributed by atoms with E-state index in [9.17, 15) is 9.59 Å². The van der Waals surface area contributed by atoms with Crippen LogP contribution in [-0.2, 0) is 13.1 Å². The fourth-order valence-corrected chi connectivity index (χ4v) is 1.78. The minimum atomic E-state index is -0.473. The SMILES string of the molecule is CCCCn1c(N)c(N)c(=O)n(CCCC)c1=O. The van der Waals surface area contributed by atoms with Crippen molar-refractivity contribution in [2.24, 2.45) is 0 Å². The van der Waals surface area contributed by atoms with E-state index in [0.29, 0.717) is 13.1 Å². The number of anilines is 2. The molecule has 0 aliphatic carbocycles. The summed E-state index contributed by atoms with van der Waals surface area (Å²) in [5, 5.41) is 0. The van der Waals surface area contributed by atoms with Gasteiger partial charge < -0.3 is 11.5 Å². The van der Waals surface area contributed by atoms with E-state index in [1.165, 1.54) is 9.13 Å². The number of aromatic nitrogens is 2. The average Bonchev–Trinajstić information content (AvgIpc) is 2.36. The Balaban J connectivity index is 3.30. The first kappa shape index (κ1) is 14.3. The van der Waals surface area contributed by atoms with Gasteiger partial charge in [0.25, 0.3) is 5.56 Å². The molecule has 0 spiro atoms. The third kappa shape index (κ3) is 2.75. The van der Waals surface area contributed by atoms with E-state index in [-0.39, 0.29) is 17.2 Å². The topological polar surface area (TPSA) is 96.0 Å². The minimum Gasteiger partial charge on any atom is -0.391 e. The maximum atomic E-state index is 12.2. The Kier molecular flexibility index (Phi) is 5.00. The van der Waals surface area contributed by atoms with Crippen LogP contribution in [0.4, 0.5) is 11.5 Å². The third-order valence-corrected chi connectivity index (χ3v) is 2.97. The summed E-state index contributed by atoms with van der Waals surface area (Å²) >= 11 is 0. The van der Waals surface area contributed by atoms with Gasteiger partial charge in [0.2, 0.25) is 0 Å². The molecule has 0 bridgehead atoms. The number of unbranched alkanes of at least 4 members (excludes halogenated alkanes) is 2. The Morgan fingerprint density at radius 3 is 1.94 bits per heavy atom. The lowest BCUT2D eigenvalue weighted by molar-refractivity contribution is 0.524. The summed E-state index contributed by atoms with van der Waals surface area (Å²) in [6.07, 6.45) is 3.45. The molecule has 0 saturated heterocycles. The van der Waals surface area contributed by atoms with E-state index < -0.39 is 5.56 Å². The highest BCUT2D eigenvalue weighted by Gasteiger charge is 2.13. The van der Waals surface area contributed by atoms with Crippen LogP contribution < -0.4 is 22.7 Å². The Bertz CT molecular complexity index is 516. The van der Waals surface area contributed by atoms with E-state index >= 15 is 0 Å². The maximum Gasteiger partial charge on any atom is 0.332 e. The summed E-state index contributed by atoms with van der Waals surface area (Å²) < 4.78 is 2.58. The molecule has 1 rings (SSSR count). The molecule has 1 aromatic rings. The summed E-state index contributed by atoms with van der Waals surface area (Å²) in [6, 6.07) is 0. The molecule has 0 amide bonds. The van der Waals surface area contributed by atoms with Crippen molar-refractivity contribution < 1.29 is 0 Å². The second-order valence-electron chi connectivity index (χ2n) is 4.40. The van der Waals surface area contributed by atoms with Gasteiger partial charge in [-0.3, -0.25) is 13.9 Å². The van der Waals surface area contributed by atoms with Crippen molar-refractivity contribution >= 4 is 11.5 Å². The standard InChI is InChI=1S/C12H22N4O2/c1-3-5-7-15-10(14)9(13)11(17)16(12(15)18)8-6-4-2/h3-8,13-14H2,1-2H3. The third-order valence-electron chi connectivity index (χ3n) is 2.97. The first-order chi connectivity index (χ1) is 8.54. The van der Waals surface area contributed by atoms with Gasteiger partial charge in [-0.05, 0) is 12.8 Å². The van der Waals surface area contributed by atoms with Crippen molar-refractivity contribution in [2.45, 2.75) is 52.6 Å². The van der Waals surface area contributed by atoms with Crippen LogP contribution in [0.3, 0.4) is 0 Å². The van der Waals surface area contributed by atoms with Crippen molar-refractivity contribution in [2.75, 3.05) is 11.5 Å². The fourth-order valence-electron chi connectivity index (χ4n) is 1.78. The Labute approximate surface area is 106 Å². The molecular formula is C12H22N4O2. The Hall–Kier alpha value is -1.72. The predicted octanol–water partition coefficient (Wildman–Crippen LogP) is 0.775. The summed E-state index contributed by atoms with van der Waals surface area (Å²) in [7, 11) is 0. The van der Waals surface area contributed by atoms with Crippen molar-refractivity contribution in [3.05, 3.63) is 20.8 Å². The molecule has 0 aliphatic heterocycles. The lowest BCUT2D eigenvalue weighted by Gasteiger charge is -2.14. The molecule has 0 aromatic carbocycles. The monoisotopic (exact) mass is 254 g/mol. The molecule has 4 N–H and O–H groups in total. The van der Waals surface area contributed by atoms with Gasteiger partial charge in [-0.1, -0.05) is 26.7 Å². The molecule has 18 heavy (non-hydrogen) atoms. The van der Waals surface area contributed by atoms with Crippen LogP contribution in [0.15, 0.2) is 9.59 Å². The number of nitrogens with zero attached hydrogens (tertiary/aromatic N) is 2. The molecule has 0 atom stereocenters. The summed E-state index contributed by atoms with van der Waals surface area (Å²) in [5.41, 5.74) is 10.6. The summed E-state index contributed by atoms with van der Waals surface area (Å²) in [6.45, 7) is 4.92. The Morgan fingerprint density at radius 1 is 0.944 bits per heavy atom. The van der Waals surface area contributed by atoms with E-state index in [0.717, 1.165) is 25.7 Å². The van der Waals surface area contributed by atoms with Crippen molar-refractivity contribution in [3.8, 4) is 0 Å². The van der Waals surface area contributed by atoms with Crippen LogP contribution in [0.25, 0.3) is 0 Å². The molecule has 1 aromatic heterocycles. The zero-order valence-corrected chi connectivity index (χ0v) is 11.1. The van der Waals surface area contributed by atoms with Gasteiger partial charge in [-0.2, -0.15) is 0 Å². The highest BCUT2D eigenvalue weighted by atomic mass is 16.2. The maximum absolute atomic E-state index is 12.2. The quantitative estimate of drug-likeness (QED) is 0.783. The van der Waals surface area contributed by atoms with E-state index in [2.05, 4.69) is 0 Å². The van der Waals surface area contributed by atoms with Gasteiger partial charge in [-0.15, -0.1) is 0 Å². The number of rotatable bonds is 6. The second-order valence-corrected chi connectivity index (χ2v) is 4.40. The zero-order chi connectivity index (χ0) is 13.7. The largest absolute Gasteiger partial charge is 0.391 e. The highest BCUT2D eigenvalue weighted by molar-refractivity contribution is 5.56. The van der Waals surface area contributed by atoms with Gasteiger partial charge in [0, 0.05) is 13.1 Å². The molecule has 6 nitrogen and oxygen atoms in total. The Morgan fingerprint density at radius 2 is 1.44 bits per heavy atom. The first-order valence-electron chi connectivity index (χ1n) is 6.43. The van der Waals surface area contributed by atoms with E-state index in [4.69, 9.17) is 11.5 Å². The van der Waals surface area contributed by atoms with Gasteiger partial charge in [0.05, 0.1) is 0 Å². The van der Waals surface area contributed by atoms with Crippen LogP contribution in [0, 0.1) is 0 Å². The van der Waals surface area contributed by atoms with Gasteiger partial charge in [0.1, 0.15) is 11.5 Å². The molecule has 6 heteroatoms. The van der Waals surface area contributed by atoms with Crippen LogP contribution in [0.5, 0.6) is 0 Å². The smallest absolute Gasteiger partial charge is 0.332 e. The van der Waals surface area contributed by atoms with Crippen LogP contribution >= 0.6 is 0 Å². The van der Waals surface area contributed by atoms with Gasteiger partial charge in [0.15, 0.2) is 0 Å². The lowest BCUT2D eigenvalue weighted by atomic mass is 10.3. The van der Waals surface area contributed by atoms with Crippen LogP contribution in [-0.4, -0.2) is 9.13 Å². The molecule has 0 radical (unpaired) electrons. The fraction of sp³-hybridized carbons (Fsp3) is 0.667. The molecule has 0 unspecified atom stereocenters. The molecule has 0 aliphatic rings. The zero-order valence-electron chi connectivity index (χ0n) is 11.1. The predicted molar refractivity (Wildman–Crippen MR) is 73.6 cm³/mol. The van der Waals surface area contributed by atoms with Crippen molar-refractivity contribution in [1.29, 1.82) is 0 Å². The number of hydrogen-bond donors (Lipinski definition) is 2.